The highest BCUT2D eigenvalue weighted by molar-refractivity contribution is 5.66. The number of aromatic nitrogens is 5. The van der Waals surface area contributed by atoms with Crippen LogP contribution in [0.25, 0.3) is 11.1 Å². The second kappa shape index (κ2) is 5.16. The van der Waals surface area contributed by atoms with E-state index in [0.29, 0.717) is 17.3 Å². The molecule has 0 spiro atoms. The first-order chi connectivity index (χ1) is 10.1. The van der Waals surface area contributed by atoms with E-state index in [-0.39, 0.29) is 5.56 Å². The number of nitrogens with zero attached hydrogens (tertiary/aromatic N) is 5. The SMILES string of the molecule is Cn1nnc(Nc2ccc(-c3cccc(O)c3F)cn2)n1. The lowest BCUT2D eigenvalue weighted by Crippen LogP contribution is -1.97. The molecule has 3 rings (SSSR count). The van der Waals surface area contributed by atoms with Crippen molar-refractivity contribution in [3.8, 4) is 16.9 Å². The Morgan fingerprint density at radius 2 is 2.10 bits per heavy atom. The van der Waals surface area contributed by atoms with Crippen LogP contribution in [0.15, 0.2) is 36.5 Å². The molecular weight excluding hydrogens is 275 g/mol. The Balaban J connectivity index is 1.85. The number of nitrogens with one attached hydrogen (secondary N) is 1. The van der Waals surface area contributed by atoms with Gasteiger partial charge in [0.25, 0.3) is 5.95 Å². The van der Waals surface area contributed by atoms with E-state index in [1.54, 1.807) is 31.3 Å². The molecular formula is C13H11FN6O. The highest BCUT2D eigenvalue weighted by Crippen LogP contribution is 2.28. The zero-order valence-corrected chi connectivity index (χ0v) is 11.0. The van der Waals surface area contributed by atoms with E-state index < -0.39 is 11.6 Å². The molecule has 106 valence electrons. The van der Waals surface area contributed by atoms with Crippen LogP contribution in [-0.2, 0) is 7.05 Å². The van der Waals surface area contributed by atoms with Crippen molar-refractivity contribution in [2.24, 2.45) is 7.05 Å². The molecule has 2 aromatic heterocycles. The van der Waals surface area contributed by atoms with Gasteiger partial charge in [-0.15, -0.1) is 5.10 Å². The molecule has 0 atom stereocenters. The van der Waals surface area contributed by atoms with Gasteiger partial charge in [0.2, 0.25) is 0 Å². The molecule has 7 nitrogen and oxygen atoms in total. The van der Waals surface area contributed by atoms with Gasteiger partial charge in [0, 0.05) is 17.3 Å². The molecule has 1 aromatic carbocycles. The van der Waals surface area contributed by atoms with Crippen LogP contribution in [0.3, 0.4) is 0 Å². The Morgan fingerprint density at radius 3 is 2.76 bits per heavy atom. The van der Waals surface area contributed by atoms with E-state index in [9.17, 15) is 9.50 Å². The minimum Gasteiger partial charge on any atom is -0.505 e. The number of halogens is 1. The Kier molecular flexibility index (Phi) is 3.19. The number of rotatable bonds is 3. The molecule has 2 N–H and O–H groups in total. The number of aryl methyl sites for hydroxylation is 1. The number of hydrogen-bond acceptors (Lipinski definition) is 6. The van der Waals surface area contributed by atoms with Gasteiger partial charge >= 0.3 is 0 Å². The molecule has 0 saturated heterocycles. The third-order valence-electron chi connectivity index (χ3n) is 2.80. The van der Waals surface area contributed by atoms with E-state index in [1.165, 1.54) is 17.1 Å². The van der Waals surface area contributed by atoms with Gasteiger partial charge in [-0.1, -0.05) is 17.2 Å². The quantitative estimate of drug-likeness (QED) is 0.764. The molecule has 2 heterocycles. The monoisotopic (exact) mass is 286 g/mol. The topological polar surface area (TPSA) is 88.8 Å². The molecule has 3 aromatic rings. The highest BCUT2D eigenvalue weighted by Gasteiger charge is 2.09. The Hall–Kier alpha value is -3.03. The third kappa shape index (κ3) is 2.64. The summed E-state index contributed by atoms with van der Waals surface area (Å²) in [7, 11) is 1.65. The first kappa shape index (κ1) is 13.0. The van der Waals surface area contributed by atoms with Crippen molar-refractivity contribution >= 4 is 11.8 Å². The molecule has 0 amide bonds. The van der Waals surface area contributed by atoms with Gasteiger partial charge in [-0.2, -0.15) is 4.80 Å². The van der Waals surface area contributed by atoms with Crippen molar-refractivity contribution in [1.82, 2.24) is 25.2 Å². The van der Waals surface area contributed by atoms with Crippen LogP contribution in [0.4, 0.5) is 16.2 Å². The van der Waals surface area contributed by atoms with Crippen LogP contribution in [0.1, 0.15) is 0 Å². The van der Waals surface area contributed by atoms with Gasteiger partial charge in [0.1, 0.15) is 5.82 Å². The standard InChI is InChI=1S/C13H11FN6O/c1-20-18-13(17-19-20)16-11-6-5-8(7-15-11)9-3-2-4-10(21)12(9)14/h2-7,21H,1H3,(H,15,16,18). The van der Waals surface area contributed by atoms with Crippen LogP contribution in [0.5, 0.6) is 5.75 Å². The second-order valence-electron chi connectivity index (χ2n) is 4.30. The van der Waals surface area contributed by atoms with Crippen molar-refractivity contribution in [1.29, 1.82) is 0 Å². The minimum atomic E-state index is -0.671. The summed E-state index contributed by atoms with van der Waals surface area (Å²) in [6, 6.07) is 7.79. The molecule has 0 aliphatic carbocycles. The van der Waals surface area contributed by atoms with Gasteiger partial charge in [0.05, 0.1) is 7.05 Å². The zero-order chi connectivity index (χ0) is 14.8. The van der Waals surface area contributed by atoms with Crippen molar-refractivity contribution in [2.75, 3.05) is 5.32 Å². The lowest BCUT2D eigenvalue weighted by Gasteiger charge is -2.06. The summed E-state index contributed by atoms with van der Waals surface area (Å²) in [5, 5.41) is 23.7. The number of phenolic OH excluding ortho intramolecular Hbond substituents is 1. The van der Waals surface area contributed by atoms with Gasteiger partial charge in [-0.05, 0) is 23.4 Å². The number of benzene rings is 1. The van der Waals surface area contributed by atoms with Gasteiger partial charge < -0.3 is 10.4 Å². The summed E-state index contributed by atoms with van der Waals surface area (Å²) in [5.74, 6) is -0.234. The maximum absolute atomic E-state index is 13.8. The zero-order valence-electron chi connectivity index (χ0n) is 11.0. The Morgan fingerprint density at radius 1 is 1.24 bits per heavy atom. The highest BCUT2D eigenvalue weighted by atomic mass is 19.1. The summed E-state index contributed by atoms with van der Waals surface area (Å²) in [6.45, 7) is 0. The number of phenols is 1. The molecule has 0 aliphatic rings. The summed E-state index contributed by atoms with van der Waals surface area (Å²) >= 11 is 0. The van der Waals surface area contributed by atoms with Crippen LogP contribution >= 0.6 is 0 Å². The van der Waals surface area contributed by atoms with Crippen molar-refractivity contribution in [2.45, 2.75) is 0 Å². The Labute approximate surface area is 119 Å². The number of pyridine rings is 1. The fourth-order valence-electron chi connectivity index (χ4n) is 1.82. The predicted octanol–water partition coefficient (Wildman–Crippen LogP) is 1.86. The number of aromatic hydroxyl groups is 1. The molecule has 0 radical (unpaired) electrons. The van der Waals surface area contributed by atoms with E-state index in [2.05, 4.69) is 25.7 Å². The molecule has 0 aliphatic heterocycles. The van der Waals surface area contributed by atoms with Gasteiger partial charge in [-0.25, -0.2) is 9.37 Å². The average Bonchev–Trinajstić information content (AvgIpc) is 2.88. The van der Waals surface area contributed by atoms with Crippen LogP contribution < -0.4 is 5.32 Å². The van der Waals surface area contributed by atoms with Crippen LogP contribution in [0, 0.1) is 5.82 Å². The maximum Gasteiger partial charge on any atom is 0.268 e. The van der Waals surface area contributed by atoms with Gasteiger partial charge in [0.15, 0.2) is 11.6 Å². The number of anilines is 2. The van der Waals surface area contributed by atoms with E-state index in [1.807, 2.05) is 0 Å². The van der Waals surface area contributed by atoms with E-state index in [0.717, 1.165) is 0 Å². The van der Waals surface area contributed by atoms with Crippen molar-refractivity contribution < 1.29 is 9.50 Å². The summed E-state index contributed by atoms with van der Waals surface area (Å²) < 4.78 is 13.8. The molecule has 8 heteroatoms. The van der Waals surface area contributed by atoms with Crippen LogP contribution in [-0.4, -0.2) is 30.3 Å². The average molecular weight is 286 g/mol. The summed E-state index contributed by atoms with van der Waals surface area (Å²) in [5.41, 5.74) is 0.840. The number of hydrogen-bond donors (Lipinski definition) is 2. The molecule has 21 heavy (non-hydrogen) atoms. The fourth-order valence-corrected chi connectivity index (χ4v) is 1.82. The van der Waals surface area contributed by atoms with E-state index >= 15 is 0 Å². The lowest BCUT2D eigenvalue weighted by molar-refractivity contribution is 0.433. The number of tetrazole rings is 1. The summed E-state index contributed by atoms with van der Waals surface area (Å²) in [6.07, 6.45) is 1.50. The van der Waals surface area contributed by atoms with Crippen molar-refractivity contribution in [3.63, 3.8) is 0 Å². The molecule has 0 bridgehead atoms. The third-order valence-corrected chi connectivity index (χ3v) is 2.80. The maximum atomic E-state index is 13.8. The fraction of sp³-hybridized carbons (Fsp3) is 0.0769. The largest absolute Gasteiger partial charge is 0.505 e. The predicted molar refractivity (Wildman–Crippen MR) is 73.4 cm³/mol. The lowest BCUT2D eigenvalue weighted by atomic mass is 10.1. The minimum absolute atomic E-state index is 0.284. The van der Waals surface area contributed by atoms with Crippen molar-refractivity contribution in [3.05, 3.63) is 42.3 Å². The van der Waals surface area contributed by atoms with Gasteiger partial charge in [-0.3, -0.25) is 0 Å². The first-order valence-corrected chi connectivity index (χ1v) is 6.08. The molecule has 0 saturated carbocycles. The second-order valence-corrected chi connectivity index (χ2v) is 4.30. The molecule has 0 unspecified atom stereocenters. The normalized spacial score (nSPS) is 10.6. The molecule has 0 fully saturated rings. The van der Waals surface area contributed by atoms with E-state index in [4.69, 9.17) is 0 Å². The smallest absolute Gasteiger partial charge is 0.268 e. The van der Waals surface area contributed by atoms with Crippen LogP contribution in [0.2, 0.25) is 0 Å². The summed E-state index contributed by atoms with van der Waals surface area (Å²) in [4.78, 5) is 5.47. The first-order valence-electron chi connectivity index (χ1n) is 6.08. The Bertz CT molecular complexity index is 771.